The SMILES string of the molecule is C[C@@H](NC(=O)CSC1=C(C#N)C(C)(C)[C@H](C#N)C(=O)N1)c1cccc(Cl)c1. The minimum absolute atomic E-state index is 0.0268. The van der Waals surface area contributed by atoms with Gasteiger partial charge in [-0.2, -0.15) is 10.5 Å². The van der Waals surface area contributed by atoms with Gasteiger partial charge < -0.3 is 10.6 Å². The highest BCUT2D eigenvalue weighted by atomic mass is 35.5. The molecule has 0 fully saturated rings. The van der Waals surface area contributed by atoms with Crippen LogP contribution in [0.2, 0.25) is 5.02 Å². The molecule has 0 radical (unpaired) electrons. The molecule has 2 amide bonds. The van der Waals surface area contributed by atoms with Gasteiger partial charge in [0.25, 0.3) is 0 Å². The van der Waals surface area contributed by atoms with E-state index in [0.717, 1.165) is 17.3 Å². The number of rotatable bonds is 5. The van der Waals surface area contributed by atoms with Crippen molar-refractivity contribution in [2.45, 2.75) is 26.8 Å². The molecule has 2 rings (SSSR count). The molecule has 0 aliphatic carbocycles. The van der Waals surface area contributed by atoms with Crippen LogP contribution in [0, 0.1) is 34.0 Å². The van der Waals surface area contributed by atoms with E-state index in [-0.39, 0.29) is 17.7 Å². The van der Waals surface area contributed by atoms with Crippen molar-refractivity contribution < 1.29 is 9.59 Å². The lowest BCUT2D eigenvalue weighted by Crippen LogP contribution is -2.44. The van der Waals surface area contributed by atoms with Gasteiger partial charge >= 0.3 is 0 Å². The second kappa shape index (κ2) is 8.47. The highest BCUT2D eigenvalue weighted by molar-refractivity contribution is 8.03. The number of nitrogens with one attached hydrogen (secondary N) is 2. The van der Waals surface area contributed by atoms with Gasteiger partial charge in [0.2, 0.25) is 11.8 Å². The van der Waals surface area contributed by atoms with Crippen molar-refractivity contribution in [3.8, 4) is 12.1 Å². The summed E-state index contributed by atoms with van der Waals surface area (Å²) in [5.74, 6) is -1.63. The van der Waals surface area contributed by atoms with E-state index in [2.05, 4.69) is 16.7 Å². The number of allylic oxidation sites excluding steroid dienone is 1. The van der Waals surface area contributed by atoms with Crippen molar-refractivity contribution in [2.24, 2.45) is 11.3 Å². The summed E-state index contributed by atoms with van der Waals surface area (Å²) in [5, 5.41) is 25.1. The van der Waals surface area contributed by atoms with Gasteiger partial charge in [-0.25, -0.2) is 0 Å². The third-order valence-electron chi connectivity index (χ3n) is 4.41. The van der Waals surface area contributed by atoms with Crippen LogP contribution < -0.4 is 10.6 Å². The lowest BCUT2D eigenvalue weighted by molar-refractivity contribution is -0.125. The van der Waals surface area contributed by atoms with Crippen LogP contribution in [0.15, 0.2) is 34.9 Å². The minimum Gasteiger partial charge on any atom is -0.349 e. The Hall–Kier alpha value is -2.48. The first-order chi connectivity index (χ1) is 12.7. The van der Waals surface area contributed by atoms with E-state index in [4.69, 9.17) is 11.6 Å². The van der Waals surface area contributed by atoms with Crippen LogP contribution in [0.1, 0.15) is 32.4 Å². The maximum atomic E-state index is 12.3. The maximum Gasteiger partial charge on any atom is 0.243 e. The Bertz CT molecular complexity index is 882. The molecule has 6 nitrogen and oxygen atoms in total. The minimum atomic E-state index is -0.951. The number of benzene rings is 1. The van der Waals surface area contributed by atoms with E-state index in [1.54, 1.807) is 26.0 Å². The van der Waals surface area contributed by atoms with Crippen molar-refractivity contribution in [3.05, 3.63) is 45.5 Å². The number of carbonyl (C=O) groups excluding carboxylic acids is 2. The van der Waals surface area contributed by atoms with Crippen LogP contribution in [0.25, 0.3) is 0 Å². The van der Waals surface area contributed by atoms with Crippen molar-refractivity contribution in [1.82, 2.24) is 10.6 Å². The summed E-state index contributed by atoms with van der Waals surface area (Å²) in [6.45, 7) is 5.21. The molecule has 8 heteroatoms. The molecule has 0 bridgehead atoms. The molecule has 27 heavy (non-hydrogen) atoms. The fraction of sp³-hybridized carbons (Fsp3) is 0.368. The highest BCUT2D eigenvalue weighted by Gasteiger charge is 2.44. The zero-order chi connectivity index (χ0) is 20.2. The summed E-state index contributed by atoms with van der Waals surface area (Å²) in [4.78, 5) is 24.4. The van der Waals surface area contributed by atoms with Gasteiger partial charge in [0.1, 0.15) is 5.92 Å². The third kappa shape index (κ3) is 4.63. The Labute approximate surface area is 167 Å². The number of amides is 2. The average Bonchev–Trinajstić information content (AvgIpc) is 2.59. The second-order valence-electron chi connectivity index (χ2n) is 6.72. The van der Waals surface area contributed by atoms with Gasteiger partial charge in [-0.1, -0.05) is 49.3 Å². The largest absolute Gasteiger partial charge is 0.349 e. The monoisotopic (exact) mass is 402 g/mol. The number of hydrogen-bond donors (Lipinski definition) is 2. The maximum absolute atomic E-state index is 12.3. The molecule has 0 unspecified atom stereocenters. The van der Waals surface area contributed by atoms with Crippen LogP contribution in [-0.4, -0.2) is 17.6 Å². The topological polar surface area (TPSA) is 106 Å². The number of nitrogens with zero attached hydrogens (tertiary/aromatic N) is 2. The van der Waals surface area contributed by atoms with Gasteiger partial charge in [-0.3, -0.25) is 9.59 Å². The zero-order valence-electron chi connectivity index (χ0n) is 15.2. The number of carbonyl (C=O) groups is 2. The zero-order valence-corrected chi connectivity index (χ0v) is 16.7. The first kappa shape index (κ1) is 20.8. The second-order valence-corrected chi connectivity index (χ2v) is 8.14. The fourth-order valence-corrected chi connectivity index (χ4v) is 4.00. The summed E-state index contributed by atoms with van der Waals surface area (Å²) < 4.78 is 0. The highest BCUT2D eigenvalue weighted by Crippen LogP contribution is 2.41. The smallest absolute Gasteiger partial charge is 0.243 e. The lowest BCUT2D eigenvalue weighted by atomic mass is 9.72. The number of thioether (sulfide) groups is 1. The van der Waals surface area contributed by atoms with Crippen LogP contribution in [0.3, 0.4) is 0 Å². The third-order valence-corrected chi connectivity index (χ3v) is 5.64. The van der Waals surface area contributed by atoms with Gasteiger partial charge in [-0.05, 0) is 24.6 Å². The first-order valence-corrected chi connectivity index (χ1v) is 9.60. The van der Waals surface area contributed by atoms with Crippen LogP contribution in [0.4, 0.5) is 0 Å². The molecule has 140 valence electrons. The van der Waals surface area contributed by atoms with E-state index < -0.39 is 17.2 Å². The van der Waals surface area contributed by atoms with Crippen molar-refractivity contribution >= 4 is 35.2 Å². The van der Waals surface area contributed by atoms with Crippen LogP contribution >= 0.6 is 23.4 Å². The summed E-state index contributed by atoms with van der Waals surface area (Å²) in [7, 11) is 0. The molecule has 1 aliphatic rings. The molecule has 1 aliphatic heterocycles. The number of nitriles is 2. The summed E-state index contributed by atoms with van der Waals surface area (Å²) >= 11 is 7.04. The van der Waals surface area contributed by atoms with Crippen molar-refractivity contribution in [3.63, 3.8) is 0 Å². The van der Waals surface area contributed by atoms with Gasteiger partial charge in [0.15, 0.2) is 0 Å². The summed E-state index contributed by atoms with van der Waals surface area (Å²) in [6.07, 6.45) is 0. The molecular weight excluding hydrogens is 384 g/mol. The lowest BCUT2D eigenvalue weighted by Gasteiger charge is -2.34. The number of hydrogen-bond acceptors (Lipinski definition) is 5. The normalized spacial score (nSPS) is 19.5. The van der Waals surface area contributed by atoms with E-state index in [9.17, 15) is 20.1 Å². The van der Waals surface area contributed by atoms with Crippen molar-refractivity contribution in [1.29, 1.82) is 10.5 Å². The molecule has 1 heterocycles. The van der Waals surface area contributed by atoms with Crippen LogP contribution in [-0.2, 0) is 9.59 Å². The Morgan fingerprint density at radius 3 is 2.74 bits per heavy atom. The van der Waals surface area contributed by atoms with E-state index in [1.165, 1.54) is 0 Å². The predicted molar refractivity (Wildman–Crippen MR) is 104 cm³/mol. The molecule has 0 aromatic heterocycles. The molecule has 0 spiro atoms. The summed E-state index contributed by atoms with van der Waals surface area (Å²) in [6, 6.07) is 11.0. The van der Waals surface area contributed by atoms with Gasteiger partial charge in [-0.15, -0.1) is 0 Å². The van der Waals surface area contributed by atoms with E-state index >= 15 is 0 Å². The Balaban J connectivity index is 2.07. The Kier molecular flexibility index (Phi) is 6.54. The van der Waals surface area contributed by atoms with E-state index in [1.807, 2.05) is 25.1 Å². The predicted octanol–water partition coefficient (Wildman–Crippen LogP) is 3.28. The van der Waals surface area contributed by atoms with Gasteiger partial charge in [0, 0.05) is 10.4 Å². The molecule has 2 N–H and O–H groups in total. The molecule has 2 atom stereocenters. The summed E-state index contributed by atoms with van der Waals surface area (Å²) in [5.41, 5.74) is 0.259. The van der Waals surface area contributed by atoms with Crippen molar-refractivity contribution in [2.75, 3.05) is 5.75 Å². The van der Waals surface area contributed by atoms with Crippen LogP contribution in [0.5, 0.6) is 0 Å². The standard InChI is InChI=1S/C19H19ClN4O2S/c1-11(12-5-4-6-13(20)7-12)23-16(25)10-27-18-15(9-22)19(2,3)14(8-21)17(26)24-18/h4-7,11,14H,10H2,1-3H3,(H,23,25)(H,24,26)/t11-,14-/m1/s1. The number of halogens is 1. The molecular formula is C19H19ClN4O2S. The Morgan fingerprint density at radius 2 is 2.15 bits per heavy atom. The molecule has 1 aromatic carbocycles. The fourth-order valence-electron chi connectivity index (χ4n) is 2.81. The first-order valence-electron chi connectivity index (χ1n) is 8.23. The molecule has 0 saturated heterocycles. The quantitative estimate of drug-likeness (QED) is 0.786. The molecule has 1 aromatic rings. The van der Waals surface area contributed by atoms with E-state index in [0.29, 0.717) is 15.6 Å². The Morgan fingerprint density at radius 1 is 1.44 bits per heavy atom. The molecule has 0 saturated carbocycles. The average molecular weight is 403 g/mol. The van der Waals surface area contributed by atoms with Gasteiger partial charge in [0.05, 0.1) is 34.5 Å².